The van der Waals surface area contributed by atoms with E-state index in [-0.39, 0.29) is 17.1 Å². The van der Waals surface area contributed by atoms with Gasteiger partial charge in [-0.3, -0.25) is 4.79 Å². The molecule has 1 heterocycles. The zero-order valence-electron chi connectivity index (χ0n) is 18.9. The predicted octanol–water partition coefficient (Wildman–Crippen LogP) is 5.94. The number of carbonyl (C=O) groups excluding carboxylic acids is 1. The van der Waals surface area contributed by atoms with Gasteiger partial charge in [0.2, 0.25) is 0 Å². The molecule has 37 heavy (non-hydrogen) atoms. The van der Waals surface area contributed by atoms with E-state index in [1.807, 2.05) is 0 Å². The van der Waals surface area contributed by atoms with Gasteiger partial charge in [-0.05, 0) is 48.4 Å². The maximum atomic E-state index is 13.3. The number of hydrogen-bond acceptors (Lipinski definition) is 4. The Morgan fingerprint density at radius 2 is 1.54 bits per heavy atom. The lowest BCUT2D eigenvalue weighted by Gasteiger charge is -2.21. The molecule has 0 bridgehead atoms. The molecule has 0 saturated heterocycles. The van der Waals surface area contributed by atoms with Crippen molar-refractivity contribution in [3.05, 3.63) is 104 Å². The van der Waals surface area contributed by atoms with Crippen molar-refractivity contribution in [1.29, 1.82) is 0 Å². The minimum atomic E-state index is -1.89. The minimum Gasteiger partial charge on any atom is -0.479 e. The van der Waals surface area contributed by atoms with E-state index >= 15 is 0 Å². The summed E-state index contributed by atoms with van der Waals surface area (Å²) in [6.45, 7) is 0. The summed E-state index contributed by atoms with van der Waals surface area (Å²) in [5, 5.41) is 28.2. The van der Waals surface area contributed by atoms with Gasteiger partial charge in [0, 0.05) is 15.6 Å². The van der Waals surface area contributed by atoms with Gasteiger partial charge in [0.15, 0.2) is 11.8 Å². The Bertz CT molecular complexity index is 1470. The van der Waals surface area contributed by atoms with E-state index in [1.165, 1.54) is 10.7 Å². The molecule has 3 N–H and O–H groups in total. The number of hydrogen-bond donors (Lipinski definition) is 3. The number of benzene rings is 3. The zero-order chi connectivity index (χ0) is 26.7. The Hall–Kier alpha value is -3.07. The first-order valence-corrected chi connectivity index (χ1v) is 12.4. The number of halogens is 4. The molecule has 0 radical (unpaired) electrons. The van der Waals surface area contributed by atoms with Crippen LogP contribution in [0.2, 0.25) is 20.1 Å². The molecule has 3 aromatic carbocycles. The Morgan fingerprint density at radius 1 is 0.865 bits per heavy atom. The number of nitrogens with one attached hydrogen (secondary N) is 1. The normalized spacial score (nSPS) is 12.7. The Labute approximate surface area is 232 Å². The molecule has 0 spiro atoms. The molecular weight excluding hydrogens is 560 g/mol. The van der Waals surface area contributed by atoms with Crippen LogP contribution in [0.3, 0.4) is 0 Å². The largest absolute Gasteiger partial charge is 0.479 e. The third-order valence-corrected chi connectivity index (χ3v) is 7.03. The average Bonchev–Trinajstić information content (AvgIpc) is 3.31. The first-order chi connectivity index (χ1) is 17.7. The summed E-state index contributed by atoms with van der Waals surface area (Å²) in [4.78, 5) is 24.9. The highest BCUT2D eigenvalue weighted by atomic mass is 35.5. The molecule has 1 amide bonds. The van der Waals surface area contributed by atoms with E-state index in [4.69, 9.17) is 46.4 Å². The van der Waals surface area contributed by atoms with Gasteiger partial charge in [-0.25, -0.2) is 9.48 Å². The molecule has 7 nitrogen and oxygen atoms in total. The van der Waals surface area contributed by atoms with Crippen LogP contribution in [0.15, 0.2) is 72.8 Å². The fourth-order valence-electron chi connectivity index (χ4n) is 3.72. The van der Waals surface area contributed by atoms with Crippen LogP contribution in [0.25, 0.3) is 16.9 Å². The van der Waals surface area contributed by atoms with Crippen LogP contribution in [0, 0.1) is 0 Å². The molecule has 0 aliphatic carbocycles. The number of aliphatic hydroxyl groups excluding tert-OH is 1. The summed E-state index contributed by atoms with van der Waals surface area (Å²) < 4.78 is 1.48. The smallest absolute Gasteiger partial charge is 0.334 e. The van der Waals surface area contributed by atoms with Crippen molar-refractivity contribution in [2.45, 2.75) is 18.6 Å². The lowest BCUT2D eigenvalue weighted by atomic mass is 10.0. The number of aliphatic hydroxyl groups is 1. The van der Waals surface area contributed by atoms with E-state index in [2.05, 4.69) is 10.4 Å². The second kappa shape index (κ2) is 11.5. The predicted molar refractivity (Wildman–Crippen MR) is 144 cm³/mol. The SMILES string of the molecule is O=C(N[C@H](Cc1ccccc1Cl)[C@@H](O)C(=O)O)c1cc(-c2ccccc2Cl)n(-c2ccc(Cl)c(Cl)c2)n1. The molecule has 0 aliphatic heterocycles. The first-order valence-electron chi connectivity index (χ1n) is 10.9. The molecular formula is C26H19Cl4N3O4. The molecule has 4 rings (SSSR count). The van der Waals surface area contributed by atoms with Crippen LogP contribution >= 0.6 is 46.4 Å². The maximum Gasteiger partial charge on any atom is 0.334 e. The Balaban J connectivity index is 1.73. The highest BCUT2D eigenvalue weighted by Gasteiger charge is 2.30. The molecule has 0 fully saturated rings. The van der Waals surface area contributed by atoms with Crippen LogP contribution in [-0.2, 0) is 11.2 Å². The fraction of sp³-hybridized carbons (Fsp3) is 0.115. The summed E-state index contributed by atoms with van der Waals surface area (Å²) in [5.41, 5.74) is 2.12. The number of aliphatic carboxylic acids is 1. The Kier molecular flexibility index (Phi) is 8.42. The molecule has 0 aliphatic rings. The van der Waals surface area contributed by atoms with Crippen LogP contribution in [-0.4, -0.2) is 44.0 Å². The summed E-state index contributed by atoms with van der Waals surface area (Å²) in [6.07, 6.45) is -1.91. The fourth-order valence-corrected chi connectivity index (χ4v) is 4.46. The maximum absolute atomic E-state index is 13.3. The molecule has 1 aromatic heterocycles. The second-order valence-electron chi connectivity index (χ2n) is 8.06. The van der Waals surface area contributed by atoms with Crippen molar-refractivity contribution in [2.24, 2.45) is 0 Å². The molecule has 4 aromatic rings. The van der Waals surface area contributed by atoms with Crippen molar-refractivity contribution >= 4 is 58.3 Å². The molecule has 0 saturated carbocycles. The van der Waals surface area contributed by atoms with E-state index in [0.29, 0.717) is 37.6 Å². The van der Waals surface area contributed by atoms with Gasteiger partial charge >= 0.3 is 5.97 Å². The Morgan fingerprint density at radius 3 is 2.19 bits per heavy atom. The molecule has 0 unspecified atom stereocenters. The third-order valence-electron chi connectivity index (χ3n) is 5.59. The van der Waals surface area contributed by atoms with Crippen molar-refractivity contribution in [3.63, 3.8) is 0 Å². The zero-order valence-corrected chi connectivity index (χ0v) is 21.9. The van der Waals surface area contributed by atoms with Gasteiger partial charge in [-0.2, -0.15) is 5.10 Å². The minimum absolute atomic E-state index is 0.0241. The van der Waals surface area contributed by atoms with Crippen molar-refractivity contribution < 1.29 is 19.8 Å². The number of carboxylic acids is 1. The summed E-state index contributed by atoms with van der Waals surface area (Å²) in [6, 6.07) is 19.0. The topological polar surface area (TPSA) is 104 Å². The lowest BCUT2D eigenvalue weighted by Crippen LogP contribution is -2.48. The number of amides is 1. The first kappa shape index (κ1) is 27.0. The van der Waals surface area contributed by atoms with Crippen molar-refractivity contribution in [3.8, 4) is 16.9 Å². The number of aromatic nitrogens is 2. The van der Waals surface area contributed by atoms with Crippen LogP contribution in [0.1, 0.15) is 16.1 Å². The van der Waals surface area contributed by atoms with Crippen molar-refractivity contribution in [1.82, 2.24) is 15.1 Å². The number of carboxylic acid groups (broad SMARTS) is 1. The van der Waals surface area contributed by atoms with Gasteiger partial charge in [0.1, 0.15) is 0 Å². The third kappa shape index (κ3) is 6.09. The molecule has 2 atom stereocenters. The number of nitrogens with zero attached hydrogens (tertiary/aromatic N) is 2. The van der Waals surface area contributed by atoms with Gasteiger partial charge in [0.25, 0.3) is 5.91 Å². The highest BCUT2D eigenvalue weighted by molar-refractivity contribution is 6.42. The van der Waals surface area contributed by atoms with E-state index in [0.717, 1.165) is 0 Å². The molecule has 190 valence electrons. The van der Waals surface area contributed by atoms with E-state index in [9.17, 15) is 19.8 Å². The summed E-state index contributed by atoms with van der Waals surface area (Å²) in [7, 11) is 0. The van der Waals surface area contributed by atoms with Crippen LogP contribution < -0.4 is 5.32 Å². The van der Waals surface area contributed by atoms with E-state index < -0.39 is 24.0 Å². The quantitative estimate of drug-likeness (QED) is 0.240. The molecule has 11 heteroatoms. The van der Waals surface area contributed by atoms with Crippen molar-refractivity contribution in [2.75, 3.05) is 0 Å². The average molecular weight is 579 g/mol. The number of carbonyl (C=O) groups is 2. The van der Waals surface area contributed by atoms with Gasteiger partial charge in [-0.15, -0.1) is 0 Å². The van der Waals surface area contributed by atoms with E-state index in [1.54, 1.807) is 66.7 Å². The monoisotopic (exact) mass is 577 g/mol. The van der Waals surface area contributed by atoms with Crippen LogP contribution in [0.4, 0.5) is 0 Å². The summed E-state index contributed by atoms with van der Waals surface area (Å²) in [5.74, 6) is -2.19. The van der Waals surface area contributed by atoms with Crippen LogP contribution in [0.5, 0.6) is 0 Å². The second-order valence-corrected chi connectivity index (χ2v) is 9.69. The lowest BCUT2D eigenvalue weighted by molar-refractivity contribution is -0.148. The number of rotatable bonds is 8. The van der Waals surface area contributed by atoms with Gasteiger partial charge in [-0.1, -0.05) is 82.8 Å². The summed E-state index contributed by atoms with van der Waals surface area (Å²) >= 11 is 24.9. The van der Waals surface area contributed by atoms with Gasteiger partial charge < -0.3 is 15.5 Å². The highest BCUT2D eigenvalue weighted by Crippen LogP contribution is 2.32. The standard InChI is InChI=1S/C26H19Cl4N3O4/c27-17-7-3-1-5-14(17)11-21(24(34)26(36)37)31-25(35)22-13-23(16-6-2-4-8-18(16)28)33(32-22)15-9-10-19(29)20(30)12-15/h1-10,12-13,21,24,34H,11H2,(H,31,35)(H,36,37)/t21-,24-/m1/s1. The van der Waals surface area contributed by atoms with Gasteiger partial charge in [0.05, 0.1) is 27.5 Å².